The molecule has 44 heavy (non-hydrogen) atoms. The topological polar surface area (TPSA) is 81.1 Å². The molecule has 8 heteroatoms. The average molecular weight is 607 g/mol. The number of piperidine rings is 1. The van der Waals surface area contributed by atoms with Gasteiger partial charge in [0, 0.05) is 36.8 Å². The van der Waals surface area contributed by atoms with Crippen LogP contribution in [0, 0.1) is 11.2 Å². The van der Waals surface area contributed by atoms with Crippen molar-refractivity contribution in [1.82, 2.24) is 4.98 Å². The van der Waals surface area contributed by atoms with E-state index in [9.17, 15) is 14.3 Å². The van der Waals surface area contributed by atoms with Gasteiger partial charge in [0.2, 0.25) is 0 Å². The first-order valence-corrected chi connectivity index (χ1v) is 15.5. The fourth-order valence-corrected chi connectivity index (χ4v) is 5.39. The number of carbonyl (C=O) groups excluding carboxylic acids is 1. The Morgan fingerprint density at radius 3 is 2.25 bits per heavy atom. The van der Waals surface area contributed by atoms with Gasteiger partial charge in [0.15, 0.2) is 6.10 Å². The molecule has 1 aliphatic rings. The molecule has 7 nitrogen and oxygen atoms in total. The zero-order valence-electron chi connectivity index (χ0n) is 27.2. The second kappa shape index (κ2) is 14.1. The Morgan fingerprint density at radius 1 is 1.05 bits per heavy atom. The molecule has 0 spiro atoms. The van der Waals surface area contributed by atoms with E-state index in [1.807, 2.05) is 58.9 Å². The van der Waals surface area contributed by atoms with Crippen molar-refractivity contribution in [3.8, 4) is 16.9 Å². The number of aromatic nitrogens is 1. The number of anilines is 1. The van der Waals surface area contributed by atoms with Crippen LogP contribution in [0.2, 0.25) is 0 Å². The van der Waals surface area contributed by atoms with E-state index in [1.54, 1.807) is 18.3 Å². The van der Waals surface area contributed by atoms with Crippen LogP contribution in [0.3, 0.4) is 0 Å². The van der Waals surface area contributed by atoms with Crippen molar-refractivity contribution >= 4 is 11.7 Å². The second-order valence-electron chi connectivity index (χ2n) is 13.5. The van der Waals surface area contributed by atoms with E-state index in [-0.39, 0.29) is 23.9 Å². The second-order valence-corrected chi connectivity index (χ2v) is 13.5. The molecule has 1 saturated heterocycles. The number of ether oxygens (including phenoxy) is 3. The maximum absolute atomic E-state index is 13.6. The Bertz CT molecular complexity index is 1390. The first-order chi connectivity index (χ1) is 20.8. The van der Waals surface area contributed by atoms with Crippen molar-refractivity contribution in [2.45, 2.75) is 92.1 Å². The van der Waals surface area contributed by atoms with E-state index >= 15 is 0 Å². The average Bonchev–Trinajstić information content (AvgIpc) is 2.96. The molecule has 0 amide bonds. The molecular formula is C36H47FN2O5. The van der Waals surface area contributed by atoms with Gasteiger partial charge in [-0.05, 0) is 88.3 Å². The number of aliphatic hydroxyl groups excluding tert-OH is 1. The minimum atomic E-state index is -1.00. The molecule has 1 unspecified atom stereocenters. The summed E-state index contributed by atoms with van der Waals surface area (Å²) in [5.74, 6) is -0.0315. The minimum Gasteiger partial charge on any atom is -0.493 e. The fourth-order valence-electron chi connectivity index (χ4n) is 5.39. The molecule has 3 aromatic rings. The van der Waals surface area contributed by atoms with Gasteiger partial charge >= 0.3 is 5.97 Å². The van der Waals surface area contributed by atoms with Gasteiger partial charge < -0.3 is 24.2 Å². The highest BCUT2D eigenvalue weighted by atomic mass is 19.1. The first-order valence-electron chi connectivity index (χ1n) is 15.5. The lowest BCUT2D eigenvalue weighted by Gasteiger charge is -2.41. The Labute approximate surface area is 261 Å². The van der Waals surface area contributed by atoms with E-state index in [2.05, 4.69) is 23.7 Å². The quantitative estimate of drug-likeness (QED) is 0.227. The van der Waals surface area contributed by atoms with Crippen LogP contribution in [0.15, 0.2) is 54.7 Å². The molecule has 1 atom stereocenters. The summed E-state index contributed by atoms with van der Waals surface area (Å²) < 4.78 is 31.3. The summed E-state index contributed by atoms with van der Waals surface area (Å²) in [5.41, 5.74) is 4.15. The van der Waals surface area contributed by atoms with Crippen molar-refractivity contribution in [1.29, 1.82) is 0 Å². The Kier molecular flexibility index (Phi) is 10.7. The number of pyridine rings is 1. The van der Waals surface area contributed by atoms with Crippen LogP contribution >= 0.6 is 0 Å². The lowest BCUT2D eigenvalue weighted by atomic mass is 9.82. The van der Waals surface area contributed by atoms with E-state index in [4.69, 9.17) is 14.2 Å². The highest BCUT2D eigenvalue weighted by Crippen LogP contribution is 2.44. The van der Waals surface area contributed by atoms with Gasteiger partial charge in [0.25, 0.3) is 0 Å². The number of aliphatic hydroxyl groups is 1. The van der Waals surface area contributed by atoms with Crippen molar-refractivity contribution in [2.24, 2.45) is 5.41 Å². The molecule has 2 aromatic carbocycles. The number of rotatable bonds is 11. The van der Waals surface area contributed by atoms with Gasteiger partial charge in [0.05, 0.1) is 36.3 Å². The molecule has 1 fully saturated rings. The van der Waals surface area contributed by atoms with Gasteiger partial charge in [-0.15, -0.1) is 0 Å². The molecule has 1 aromatic heterocycles. The molecule has 4 rings (SSSR count). The summed E-state index contributed by atoms with van der Waals surface area (Å²) >= 11 is 0. The number of nitrogens with zero attached hydrogens (tertiary/aromatic N) is 2. The van der Waals surface area contributed by atoms with Crippen LogP contribution in [0.25, 0.3) is 11.1 Å². The molecule has 0 radical (unpaired) electrons. The van der Waals surface area contributed by atoms with E-state index in [0.717, 1.165) is 48.3 Å². The molecule has 238 valence electrons. The van der Waals surface area contributed by atoms with Crippen LogP contribution in [-0.4, -0.2) is 47.5 Å². The molecule has 1 aliphatic heterocycles. The summed E-state index contributed by atoms with van der Waals surface area (Å²) in [4.78, 5) is 20.5. The van der Waals surface area contributed by atoms with Crippen LogP contribution < -0.4 is 9.64 Å². The SMILES string of the molecule is CC(C)OC(=O)C(OC(C)(C)C)c1cnc(CO)c(-c2ccc(OCCc3ccc(F)cc3)cc2)c1N1CCC(C)(C)CC1. The highest BCUT2D eigenvalue weighted by Gasteiger charge is 2.36. The molecular weight excluding hydrogens is 559 g/mol. The first kappa shape index (κ1) is 33.4. The predicted octanol–water partition coefficient (Wildman–Crippen LogP) is 7.44. The number of benzene rings is 2. The Morgan fingerprint density at radius 2 is 1.68 bits per heavy atom. The van der Waals surface area contributed by atoms with Crippen molar-refractivity contribution in [3.05, 3.63) is 77.4 Å². The monoisotopic (exact) mass is 606 g/mol. The van der Waals surface area contributed by atoms with E-state index < -0.39 is 17.7 Å². The smallest absolute Gasteiger partial charge is 0.340 e. The molecule has 1 N–H and O–H groups in total. The Hall–Kier alpha value is -3.49. The number of halogens is 1. The minimum absolute atomic E-state index is 0.203. The van der Waals surface area contributed by atoms with E-state index in [0.29, 0.717) is 30.0 Å². The van der Waals surface area contributed by atoms with Crippen LogP contribution in [-0.2, 0) is 27.3 Å². The largest absolute Gasteiger partial charge is 0.493 e. The third-order valence-electron chi connectivity index (χ3n) is 7.78. The fraction of sp³-hybridized carbons (Fsp3) is 0.500. The third kappa shape index (κ3) is 8.79. The summed E-state index contributed by atoms with van der Waals surface area (Å²) in [7, 11) is 0. The van der Waals surface area contributed by atoms with Gasteiger partial charge in [-0.25, -0.2) is 9.18 Å². The number of carbonyl (C=O) groups is 1. The summed E-state index contributed by atoms with van der Waals surface area (Å²) in [6.45, 7) is 15.7. The van der Waals surface area contributed by atoms with Gasteiger partial charge in [-0.1, -0.05) is 38.1 Å². The number of hydrogen-bond donors (Lipinski definition) is 1. The normalized spacial score (nSPS) is 15.7. The van der Waals surface area contributed by atoms with Crippen LogP contribution in [0.1, 0.15) is 84.2 Å². The van der Waals surface area contributed by atoms with Gasteiger partial charge in [-0.3, -0.25) is 4.98 Å². The predicted molar refractivity (Wildman–Crippen MR) is 171 cm³/mol. The van der Waals surface area contributed by atoms with Gasteiger partial charge in [0.1, 0.15) is 11.6 Å². The summed E-state index contributed by atoms with van der Waals surface area (Å²) in [6.07, 6.45) is 2.95. The van der Waals surface area contributed by atoms with Crippen molar-refractivity contribution < 1.29 is 28.5 Å². The maximum Gasteiger partial charge on any atom is 0.340 e. The molecule has 2 heterocycles. The summed E-state index contributed by atoms with van der Waals surface area (Å²) in [6, 6.07) is 14.1. The zero-order chi connectivity index (χ0) is 32.1. The highest BCUT2D eigenvalue weighted by molar-refractivity contribution is 5.87. The lowest BCUT2D eigenvalue weighted by molar-refractivity contribution is -0.171. The summed E-state index contributed by atoms with van der Waals surface area (Å²) in [5, 5.41) is 10.5. The molecule has 0 bridgehead atoms. The standard InChI is InChI=1S/C36H47FN2O5/c1-24(2)43-34(41)33(44-35(3,4)5)29-22-38-30(23-40)31(32(29)39-19-17-36(6,7)18-20-39)26-10-14-28(15-11-26)42-21-16-25-8-12-27(37)13-9-25/h8-15,22,24,33,40H,16-21,23H2,1-7H3. The van der Waals surface area contributed by atoms with E-state index in [1.165, 1.54) is 12.1 Å². The van der Waals surface area contributed by atoms with Crippen molar-refractivity contribution in [2.75, 3.05) is 24.6 Å². The zero-order valence-corrected chi connectivity index (χ0v) is 27.2. The third-order valence-corrected chi connectivity index (χ3v) is 7.78. The molecule has 0 aliphatic carbocycles. The number of hydrogen-bond acceptors (Lipinski definition) is 7. The Balaban J connectivity index is 1.74. The maximum atomic E-state index is 13.6. The van der Waals surface area contributed by atoms with Crippen LogP contribution in [0.5, 0.6) is 5.75 Å². The van der Waals surface area contributed by atoms with Crippen LogP contribution in [0.4, 0.5) is 10.1 Å². The van der Waals surface area contributed by atoms with Gasteiger partial charge in [-0.2, -0.15) is 0 Å². The molecule has 0 saturated carbocycles. The lowest BCUT2D eigenvalue weighted by Crippen LogP contribution is -2.39. The number of esters is 1. The van der Waals surface area contributed by atoms with Crippen molar-refractivity contribution in [3.63, 3.8) is 0 Å².